The Morgan fingerprint density at radius 2 is 2.18 bits per heavy atom. The van der Waals surface area contributed by atoms with Crippen molar-refractivity contribution in [3.05, 3.63) is 52.1 Å². The fourth-order valence-electron chi connectivity index (χ4n) is 0.992. The van der Waals surface area contributed by atoms with Crippen molar-refractivity contribution >= 4 is 18.3 Å². The average molecular weight is 234 g/mol. The summed E-state index contributed by atoms with van der Waals surface area (Å²) in [4.78, 5) is 9.97. The summed E-state index contributed by atoms with van der Waals surface area (Å²) < 4.78 is 0. The Morgan fingerprint density at radius 1 is 1.47 bits per heavy atom. The monoisotopic (exact) mass is 234 g/mol. The van der Waals surface area contributed by atoms with Crippen LogP contribution in [0.15, 0.2) is 41.5 Å². The van der Waals surface area contributed by atoms with Gasteiger partial charge in [0.15, 0.2) is 11.2 Å². The highest BCUT2D eigenvalue weighted by Gasteiger charge is 1.99. The van der Waals surface area contributed by atoms with Crippen LogP contribution in [0.1, 0.15) is 5.56 Å². The first-order chi connectivity index (χ1) is 8.18. The maximum Gasteiger partial charge on any atom is 0.319 e. The number of rotatable bonds is 4. The molecule has 0 amide bonds. The molecule has 0 atom stereocenters. The highest BCUT2D eigenvalue weighted by atomic mass is 16.7. The van der Waals surface area contributed by atoms with Gasteiger partial charge in [-0.3, -0.25) is 0 Å². The summed E-state index contributed by atoms with van der Waals surface area (Å²) in [6, 6.07) is 9.65. The minimum atomic E-state index is -0.791. The Labute approximate surface area is 97.5 Å². The SMILES string of the molecule is NC(=N/[NH+]=C\C=C\c1ccccc1)N[N+](=O)[O-]. The maximum atomic E-state index is 9.97. The first-order valence-electron chi connectivity index (χ1n) is 4.73. The fourth-order valence-corrected chi connectivity index (χ4v) is 0.992. The molecule has 7 heteroatoms. The maximum absolute atomic E-state index is 9.97. The Hall–Kier alpha value is -2.70. The molecule has 0 aliphatic rings. The van der Waals surface area contributed by atoms with E-state index in [1.54, 1.807) is 11.5 Å². The molecule has 0 heterocycles. The van der Waals surface area contributed by atoms with Crippen LogP contribution < -0.4 is 16.3 Å². The number of benzene rings is 1. The van der Waals surface area contributed by atoms with Gasteiger partial charge in [0.1, 0.15) is 0 Å². The third-order valence-electron chi connectivity index (χ3n) is 1.65. The summed E-state index contributed by atoms with van der Waals surface area (Å²) in [5, 5.41) is 15.1. The molecule has 0 spiro atoms. The van der Waals surface area contributed by atoms with Gasteiger partial charge in [-0.25, -0.2) is 10.1 Å². The van der Waals surface area contributed by atoms with Crippen molar-refractivity contribution in [3.8, 4) is 0 Å². The van der Waals surface area contributed by atoms with Crippen LogP contribution in [-0.2, 0) is 0 Å². The third-order valence-corrected chi connectivity index (χ3v) is 1.65. The number of allylic oxidation sites excluding steroid dienone is 1. The van der Waals surface area contributed by atoms with Crippen molar-refractivity contribution in [3.63, 3.8) is 0 Å². The third kappa shape index (κ3) is 5.67. The van der Waals surface area contributed by atoms with Gasteiger partial charge in [0.05, 0.1) is 0 Å². The molecule has 0 saturated heterocycles. The summed E-state index contributed by atoms with van der Waals surface area (Å²) >= 11 is 0. The van der Waals surface area contributed by atoms with E-state index in [1.807, 2.05) is 36.4 Å². The average Bonchev–Trinajstić information content (AvgIpc) is 2.29. The lowest BCUT2D eigenvalue weighted by atomic mass is 10.2. The Balaban J connectivity index is 2.45. The zero-order valence-corrected chi connectivity index (χ0v) is 8.91. The van der Waals surface area contributed by atoms with Crippen LogP contribution in [-0.4, -0.2) is 17.2 Å². The highest BCUT2D eigenvalue weighted by molar-refractivity contribution is 5.77. The van der Waals surface area contributed by atoms with E-state index in [9.17, 15) is 10.1 Å². The second kappa shape index (κ2) is 6.72. The molecule has 1 rings (SSSR count). The highest BCUT2D eigenvalue weighted by Crippen LogP contribution is 1.99. The molecule has 0 aliphatic heterocycles. The largest absolute Gasteiger partial charge is 0.360 e. The van der Waals surface area contributed by atoms with Crippen LogP contribution >= 0.6 is 0 Å². The van der Waals surface area contributed by atoms with Crippen LogP contribution in [0.2, 0.25) is 0 Å². The fraction of sp³-hybridized carbons (Fsp3) is 0. The molecule has 0 aromatic heterocycles. The van der Waals surface area contributed by atoms with Gasteiger partial charge in [0.2, 0.25) is 0 Å². The number of hydrazone groups is 1. The summed E-state index contributed by atoms with van der Waals surface area (Å²) in [6.45, 7) is 0. The lowest BCUT2D eigenvalue weighted by molar-refractivity contribution is -0.528. The first-order valence-corrected chi connectivity index (χ1v) is 4.73. The summed E-state index contributed by atoms with van der Waals surface area (Å²) in [6.07, 6.45) is 5.05. The molecule has 17 heavy (non-hydrogen) atoms. The van der Waals surface area contributed by atoms with Crippen molar-refractivity contribution in [1.82, 2.24) is 5.43 Å². The number of nitrogens with two attached hydrogens (primary N) is 1. The van der Waals surface area contributed by atoms with Crippen LogP contribution in [0.3, 0.4) is 0 Å². The van der Waals surface area contributed by atoms with Crippen molar-refractivity contribution in [2.45, 2.75) is 0 Å². The smallest absolute Gasteiger partial charge is 0.319 e. The minimum Gasteiger partial charge on any atom is -0.360 e. The van der Waals surface area contributed by atoms with E-state index in [2.05, 4.69) is 10.2 Å². The number of nitro groups is 1. The lowest BCUT2D eigenvalue weighted by Crippen LogP contribution is -2.63. The lowest BCUT2D eigenvalue weighted by Gasteiger charge is -1.88. The molecule has 1 aromatic carbocycles. The number of nitrogens with one attached hydrogen (secondary N) is 2. The van der Waals surface area contributed by atoms with E-state index in [-0.39, 0.29) is 5.96 Å². The van der Waals surface area contributed by atoms with Crippen molar-refractivity contribution in [2.24, 2.45) is 10.8 Å². The molecule has 0 aliphatic carbocycles. The number of hydrogen-bond acceptors (Lipinski definition) is 3. The zero-order valence-electron chi connectivity index (χ0n) is 8.91. The predicted octanol–water partition coefficient (Wildman–Crippen LogP) is -1.14. The Kier molecular flexibility index (Phi) is 4.89. The zero-order chi connectivity index (χ0) is 12.5. The Bertz CT molecular complexity index is 453. The first kappa shape index (κ1) is 12.4. The number of nitrogens with zero attached hydrogens (tertiary/aromatic N) is 2. The predicted molar refractivity (Wildman–Crippen MR) is 64.3 cm³/mol. The normalized spacial score (nSPS) is 12.1. The van der Waals surface area contributed by atoms with E-state index in [0.717, 1.165) is 5.56 Å². The molecular weight excluding hydrogens is 222 g/mol. The van der Waals surface area contributed by atoms with Crippen molar-refractivity contribution < 1.29 is 10.1 Å². The van der Waals surface area contributed by atoms with Gasteiger partial charge in [0, 0.05) is 11.2 Å². The number of hydrazine groups is 1. The van der Waals surface area contributed by atoms with Crippen LogP contribution in [0.5, 0.6) is 0 Å². The van der Waals surface area contributed by atoms with Gasteiger partial charge < -0.3 is 5.73 Å². The van der Waals surface area contributed by atoms with Gasteiger partial charge in [-0.1, -0.05) is 35.8 Å². The topological polar surface area (TPSA) is 108 Å². The summed E-state index contributed by atoms with van der Waals surface area (Å²) in [7, 11) is 0. The number of hydrogen-bond donors (Lipinski definition) is 3. The summed E-state index contributed by atoms with van der Waals surface area (Å²) in [5.74, 6) is -0.320. The Morgan fingerprint density at radius 3 is 2.82 bits per heavy atom. The quantitative estimate of drug-likeness (QED) is 0.265. The minimum absolute atomic E-state index is 0.320. The van der Waals surface area contributed by atoms with Gasteiger partial charge in [-0.05, 0) is 11.6 Å². The molecule has 0 saturated carbocycles. The van der Waals surface area contributed by atoms with E-state index in [4.69, 9.17) is 5.73 Å². The molecule has 0 bridgehead atoms. The van der Waals surface area contributed by atoms with E-state index >= 15 is 0 Å². The number of guanidine groups is 1. The van der Waals surface area contributed by atoms with Gasteiger partial charge in [-0.2, -0.15) is 0 Å². The van der Waals surface area contributed by atoms with Gasteiger partial charge in [-0.15, -0.1) is 5.10 Å². The second-order valence-corrected chi connectivity index (χ2v) is 2.93. The summed E-state index contributed by atoms with van der Waals surface area (Å²) in [5.41, 5.74) is 7.89. The molecule has 7 nitrogen and oxygen atoms in total. The van der Waals surface area contributed by atoms with Gasteiger partial charge >= 0.3 is 5.96 Å². The molecule has 0 unspecified atom stereocenters. The van der Waals surface area contributed by atoms with Crippen LogP contribution in [0.25, 0.3) is 6.08 Å². The molecule has 0 fully saturated rings. The standard InChI is InChI=1S/C10H11N5O2/c11-10(14-15(16)17)13-12-8-4-7-9-5-2-1-3-6-9/h1-8H,(H3,11,13,14)/p+1/b7-4+,12-8-. The molecular formula is C10H12N5O2+. The van der Waals surface area contributed by atoms with Crippen LogP contribution in [0.4, 0.5) is 0 Å². The molecule has 88 valence electrons. The molecule has 1 aromatic rings. The second-order valence-electron chi connectivity index (χ2n) is 2.93. The van der Waals surface area contributed by atoms with Crippen molar-refractivity contribution in [1.29, 1.82) is 0 Å². The van der Waals surface area contributed by atoms with Gasteiger partial charge in [0.25, 0.3) is 0 Å². The molecule has 4 N–H and O–H groups in total. The van der Waals surface area contributed by atoms with Crippen LogP contribution in [0, 0.1) is 10.1 Å². The van der Waals surface area contributed by atoms with E-state index < -0.39 is 5.03 Å². The molecule has 0 radical (unpaired) electrons. The van der Waals surface area contributed by atoms with E-state index in [1.165, 1.54) is 6.21 Å². The van der Waals surface area contributed by atoms with E-state index in [0.29, 0.717) is 0 Å². The van der Waals surface area contributed by atoms with Crippen molar-refractivity contribution in [2.75, 3.05) is 0 Å².